The van der Waals surface area contributed by atoms with Crippen LogP contribution in [0.3, 0.4) is 0 Å². The molecule has 0 atom stereocenters. The zero-order valence-corrected chi connectivity index (χ0v) is 12.8. The molecule has 112 valence electrons. The van der Waals surface area contributed by atoms with Gasteiger partial charge in [-0.15, -0.1) is 0 Å². The Balaban J connectivity index is 2.26. The number of anilines is 1. The summed E-state index contributed by atoms with van der Waals surface area (Å²) in [4.78, 5) is 8.84. The summed E-state index contributed by atoms with van der Waals surface area (Å²) >= 11 is 6.18. The highest BCUT2D eigenvalue weighted by molar-refractivity contribution is 6.30. The third-order valence-electron chi connectivity index (χ3n) is 3.74. The van der Waals surface area contributed by atoms with Crippen LogP contribution >= 0.6 is 11.6 Å². The lowest BCUT2D eigenvalue weighted by Gasteiger charge is -2.37. The molecule has 2 heterocycles. The molecular weight excluding hydrogens is 278 g/mol. The molecule has 1 aliphatic rings. The van der Waals surface area contributed by atoms with Crippen LogP contribution in [0, 0.1) is 6.92 Å². The average Bonchev–Trinajstić information content (AvgIpc) is 2.45. The minimum Gasteiger partial charge on any atom is -0.394 e. The second-order valence-corrected chi connectivity index (χ2v) is 5.69. The van der Waals surface area contributed by atoms with Crippen molar-refractivity contribution < 1.29 is 9.84 Å². The fraction of sp³-hybridized carbons (Fsp3) is 0.714. The lowest BCUT2D eigenvalue weighted by molar-refractivity contribution is 0.0378. The standard InChI is InChI=1S/C14H22ClN3O2/c1-3-4-11-16-12(15)10(2)13(17-11)18-14(9-19)5-7-20-8-6-14/h19H,3-9H2,1-2H3,(H,16,17,18). The Morgan fingerprint density at radius 1 is 1.35 bits per heavy atom. The molecule has 0 unspecified atom stereocenters. The molecule has 20 heavy (non-hydrogen) atoms. The van der Waals surface area contributed by atoms with E-state index in [9.17, 15) is 5.11 Å². The average molecular weight is 300 g/mol. The van der Waals surface area contributed by atoms with Crippen molar-refractivity contribution in [3.63, 3.8) is 0 Å². The predicted octanol–water partition coefficient (Wildman–Crippen LogP) is 2.34. The predicted molar refractivity (Wildman–Crippen MR) is 79.3 cm³/mol. The van der Waals surface area contributed by atoms with Gasteiger partial charge in [-0.2, -0.15) is 0 Å². The number of aliphatic hydroxyl groups is 1. The molecule has 0 bridgehead atoms. The van der Waals surface area contributed by atoms with E-state index in [4.69, 9.17) is 16.3 Å². The van der Waals surface area contributed by atoms with Gasteiger partial charge in [0, 0.05) is 25.2 Å². The van der Waals surface area contributed by atoms with Crippen molar-refractivity contribution in [3.8, 4) is 0 Å². The first-order valence-corrected chi connectivity index (χ1v) is 7.48. The Kier molecular flexibility index (Phi) is 5.18. The molecule has 1 fully saturated rings. The number of aromatic nitrogens is 2. The highest BCUT2D eigenvalue weighted by Crippen LogP contribution is 2.28. The van der Waals surface area contributed by atoms with Gasteiger partial charge in [-0.05, 0) is 26.2 Å². The van der Waals surface area contributed by atoms with Crippen LogP contribution in [-0.4, -0.2) is 40.4 Å². The quantitative estimate of drug-likeness (QED) is 0.817. The van der Waals surface area contributed by atoms with Crippen LogP contribution < -0.4 is 5.32 Å². The monoisotopic (exact) mass is 299 g/mol. The molecule has 6 heteroatoms. The Morgan fingerprint density at radius 3 is 2.65 bits per heavy atom. The van der Waals surface area contributed by atoms with E-state index in [0.717, 1.165) is 42.9 Å². The first kappa shape index (κ1) is 15.5. The minimum absolute atomic E-state index is 0.0561. The number of halogens is 1. The number of ether oxygens (including phenoxy) is 1. The van der Waals surface area contributed by atoms with Crippen LogP contribution in [0.2, 0.25) is 5.15 Å². The number of hydrogen-bond acceptors (Lipinski definition) is 5. The summed E-state index contributed by atoms with van der Waals surface area (Å²) in [5.74, 6) is 1.47. The van der Waals surface area contributed by atoms with Crippen molar-refractivity contribution in [2.75, 3.05) is 25.1 Å². The van der Waals surface area contributed by atoms with Crippen LogP contribution in [0.25, 0.3) is 0 Å². The van der Waals surface area contributed by atoms with Gasteiger partial charge in [0.1, 0.15) is 16.8 Å². The molecule has 0 radical (unpaired) electrons. The first-order valence-electron chi connectivity index (χ1n) is 7.10. The second-order valence-electron chi connectivity index (χ2n) is 5.33. The van der Waals surface area contributed by atoms with E-state index in [1.165, 1.54) is 0 Å². The Bertz CT molecular complexity index is 462. The van der Waals surface area contributed by atoms with Crippen molar-refractivity contribution >= 4 is 17.4 Å². The van der Waals surface area contributed by atoms with Gasteiger partial charge < -0.3 is 15.2 Å². The molecule has 1 saturated heterocycles. The lowest BCUT2D eigenvalue weighted by Crippen LogP contribution is -2.47. The molecular formula is C14H22ClN3O2. The fourth-order valence-corrected chi connectivity index (χ4v) is 2.51. The second kappa shape index (κ2) is 6.70. The molecule has 2 rings (SSSR count). The highest BCUT2D eigenvalue weighted by Gasteiger charge is 2.33. The number of nitrogens with zero attached hydrogens (tertiary/aromatic N) is 2. The summed E-state index contributed by atoms with van der Waals surface area (Å²) in [6.07, 6.45) is 3.28. The Labute approximate surface area is 124 Å². The third-order valence-corrected chi connectivity index (χ3v) is 4.11. The van der Waals surface area contributed by atoms with Crippen molar-refractivity contribution in [2.24, 2.45) is 0 Å². The third kappa shape index (κ3) is 3.40. The molecule has 2 N–H and O–H groups in total. The Morgan fingerprint density at radius 2 is 2.05 bits per heavy atom. The van der Waals surface area contributed by atoms with Gasteiger partial charge in [-0.1, -0.05) is 18.5 Å². The van der Waals surface area contributed by atoms with E-state index in [1.807, 2.05) is 6.92 Å². The SMILES string of the molecule is CCCc1nc(Cl)c(C)c(NC2(CO)CCOCC2)n1. The van der Waals surface area contributed by atoms with E-state index < -0.39 is 0 Å². The van der Waals surface area contributed by atoms with Crippen LogP contribution in [-0.2, 0) is 11.2 Å². The van der Waals surface area contributed by atoms with E-state index in [-0.39, 0.29) is 12.1 Å². The number of aliphatic hydroxyl groups excluding tert-OH is 1. The molecule has 0 amide bonds. The maximum atomic E-state index is 9.74. The largest absolute Gasteiger partial charge is 0.394 e. The molecule has 0 spiro atoms. The summed E-state index contributed by atoms with van der Waals surface area (Å²) < 4.78 is 5.37. The van der Waals surface area contributed by atoms with Gasteiger partial charge in [-0.25, -0.2) is 9.97 Å². The number of hydrogen-bond donors (Lipinski definition) is 2. The Hall–Kier alpha value is -0.910. The van der Waals surface area contributed by atoms with Crippen molar-refractivity contribution in [1.82, 2.24) is 9.97 Å². The van der Waals surface area contributed by atoms with Gasteiger partial charge >= 0.3 is 0 Å². The van der Waals surface area contributed by atoms with E-state index in [0.29, 0.717) is 18.4 Å². The number of rotatable bonds is 5. The molecule has 5 nitrogen and oxygen atoms in total. The molecule has 1 aliphatic heterocycles. The summed E-state index contributed by atoms with van der Waals surface area (Å²) in [7, 11) is 0. The van der Waals surface area contributed by atoms with Gasteiger partial charge in [-0.3, -0.25) is 0 Å². The molecule has 1 aromatic heterocycles. The van der Waals surface area contributed by atoms with Crippen LogP contribution in [0.4, 0.5) is 5.82 Å². The topological polar surface area (TPSA) is 67.3 Å². The van der Waals surface area contributed by atoms with Crippen molar-refractivity contribution in [1.29, 1.82) is 0 Å². The van der Waals surface area contributed by atoms with E-state index in [1.54, 1.807) is 0 Å². The summed E-state index contributed by atoms with van der Waals surface area (Å²) in [5, 5.41) is 13.6. The fourth-order valence-electron chi connectivity index (χ4n) is 2.33. The smallest absolute Gasteiger partial charge is 0.137 e. The lowest BCUT2D eigenvalue weighted by atomic mass is 9.91. The van der Waals surface area contributed by atoms with Gasteiger partial charge in [0.05, 0.1) is 12.1 Å². The number of aryl methyl sites for hydroxylation is 1. The minimum atomic E-state index is -0.371. The van der Waals surface area contributed by atoms with E-state index in [2.05, 4.69) is 22.2 Å². The summed E-state index contributed by atoms with van der Waals surface area (Å²) in [5.41, 5.74) is 0.454. The van der Waals surface area contributed by atoms with Gasteiger partial charge in [0.2, 0.25) is 0 Å². The molecule has 0 aliphatic carbocycles. The number of nitrogens with one attached hydrogen (secondary N) is 1. The first-order chi connectivity index (χ1) is 9.60. The maximum Gasteiger partial charge on any atom is 0.137 e. The van der Waals surface area contributed by atoms with Crippen molar-refractivity contribution in [3.05, 3.63) is 16.5 Å². The van der Waals surface area contributed by atoms with Gasteiger partial charge in [0.15, 0.2) is 0 Å². The zero-order valence-electron chi connectivity index (χ0n) is 12.1. The van der Waals surface area contributed by atoms with Crippen LogP contribution in [0.15, 0.2) is 0 Å². The van der Waals surface area contributed by atoms with Crippen LogP contribution in [0.5, 0.6) is 0 Å². The summed E-state index contributed by atoms with van der Waals surface area (Å²) in [6, 6.07) is 0. The van der Waals surface area contributed by atoms with Gasteiger partial charge in [0.25, 0.3) is 0 Å². The molecule has 1 aromatic rings. The molecule has 0 aromatic carbocycles. The van der Waals surface area contributed by atoms with E-state index >= 15 is 0 Å². The zero-order chi connectivity index (χ0) is 14.6. The van der Waals surface area contributed by atoms with Crippen LogP contribution in [0.1, 0.15) is 37.6 Å². The summed E-state index contributed by atoms with van der Waals surface area (Å²) in [6.45, 7) is 5.32. The maximum absolute atomic E-state index is 9.74. The normalized spacial score (nSPS) is 18.0. The molecule has 0 saturated carbocycles. The van der Waals surface area contributed by atoms with Crippen molar-refractivity contribution in [2.45, 2.75) is 45.1 Å². The highest BCUT2D eigenvalue weighted by atomic mass is 35.5.